The molecule has 1 unspecified atom stereocenters. The third-order valence-electron chi connectivity index (χ3n) is 1.82. The van der Waals surface area contributed by atoms with E-state index < -0.39 is 27.5 Å². The van der Waals surface area contributed by atoms with Crippen molar-refractivity contribution in [3.63, 3.8) is 0 Å². The zero-order chi connectivity index (χ0) is 11.6. The summed E-state index contributed by atoms with van der Waals surface area (Å²) in [5.41, 5.74) is 0. The van der Waals surface area contributed by atoms with Gasteiger partial charge in [0, 0.05) is 0 Å². The van der Waals surface area contributed by atoms with Gasteiger partial charge in [0.05, 0.1) is 16.0 Å². The number of hydrogen-bond donors (Lipinski definition) is 1. The van der Waals surface area contributed by atoms with Gasteiger partial charge in [-0.05, 0) is 19.1 Å². The van der Waals surface area contributed by atoms with Gasteiger partial charge in [0.2, 0.25) is 0 Å². The highest BCUT2D eigenvalue weighted by Crippen LogP contribution is 2.29. The van der Waals surface area contributed by atoms with Crippen LogP contribution in [0.3, 0.4) is 0 Å². The van der Waals surface area contributed by atoms with E-state index >= 15 is 0 Å². The summed E-state index contributed by atoms with van der Waals surface area (Å²) in [5.74, 6) is -1.13. The van der Waals surface area contributed by atoms with Crippen LogP contribution in [0.2, 0.25) is 4.34 Å². The van der Waals surface area contributed by atoms with Gasteiger partial charge < -0.3 is 5.11 Å². The lowest BCUT2D eigenvalue weighted by molar-refractivity contribution is -0.136. The molecule has 0 saturated heterocycles. The SMILES string of the molecule is CC(CC(=O)O)S(=O)(=O)c1ccc(Cl)s1. The molecule has 0 aliphatic carbocycles. The van der Waals surface area contributed by atoms with Crippen LogP contribution < -0.4 is 0 Å². The molecule has 1 heterocycles. The Kier molecular flexibility index (Phi) is 3.75. The van der Waals surface area contributed by atoms with Gasteiger partial charge in [0.1, 0.15) is 4.21 Å². The minimum atomic E-state index is -3.56. The molecule has 1 N–H and O–H groups in total. The third kappa shape index (κ3) is 2.93. The van der Waals surface area contributed by atoms with E-state index in [1.165, 1.54) is 19.1 Å². The number of carboxylic acid groups (broad SMARTS) is 1. The zero-order valence-corrected chi connectivity index (χ0v) is 10.2. The summed E-state index contributed by atoms with van der Waals surface area (Å²) in [6.07, 6.45) is -0.405. The van der Waals surface area contributed by atoms with Crippen molar-refractivity contribution in [2.24, 2.45) is 0 Å². The smallest absolute Gasteiger partial charge is 0.304 e. The van der Waals surface area contributed by atoms with Crippen molar-refractivity contribution in [2.75, 3.05) is 0 Å². The molecule has 0 aromatic carbocycles. The Morgan fingerprint density at radius 3 is 2.60 bits per heavy atom. The quantitative estimate of drug-likeness (QED) is 0.907. The number of carboxylic acids is 1. The molecule has 1 atom stereocenters. The molecule has 1 rings (SSSR count). The van der Waals surface area contributed by atoms with Crippen LogP contribution in [0, 0.1) is 0 Å². The summed E-state index contributed by atoms with van der Waals surface area (Å²) >= 11 is 6.55. The zero-order valence-electron chi connectivity index (χ0n) is 7.81. The Morgan fingerprint density at radius 2 is 2.20 bits per heavy atom. The predicted molar refractivity (Wildman–Crippen MR) is 58.2 cm³/mol. The van der Waals surface area contributed by atoms with Crippen molar-refractivity contribution in [1.82, 2.24) is 0 Å². The first-order valence-corrected chi connectivity index (χ1v) is 6.79. The highest BCUT2D eigenvalue weighted by Gasteiger charge is 2.26. The lowest BCUT2D eigenvalue weighted by Gasteiger charge is -2.07. The Bertz CT molecular complexity index is 463. The molecular formula is C8H9ClO4S2. The summed E-state index contributed by atoms with van der Waals surface area (Å²) in [5, 5.41) is 7.57. The van der Waals surface area contributed by atoms with E-state index in [4.69, 9.17) is 16.7 Å². The van der Waals surface area contributed by atoms with E-state index in [0.717, 1.165) is 11.3 Å². The molecule has 84 valence electrons. The normalized spacial score (nSPS) is 13.7. The number of halogens is 1. The van der Waals surface area contributed by atoms with Crippen molar-refractivity contribution in [2.45, 2.75) is 22.8 Å². The second kappa shape index (κ2) is 4.51. The van der Waals surface area contributed by atoms with Crippen LogP contribution in [0.1, 0.15) is 13.3 Å². The third-order valence-corrected chi connectivity index (χ3v) is 5.72. The van der Waals surface area contributed by atoms with Gasteiger partial charge in [-0.1, -0.05) is 11.6 Å². The number of aliphatic carboxylic acids is 1. The summed E-state index contributed by atoms with van der Waals surface area (Å²) in [6.45, 7) is 1.37. The van der Waals surface area contributed by atoms with Crippen LogP contribution in [0.15, 0.2) is 16.3 Å². The molecule has 15 heavy (non-hydrogen) atoms. The fraction of sp³-hybridized carbons (Fsp3) is 0.375. The molecule has 0 radical (unpaired) electrons. The van der Waals surface area contributed by atoms with Crippen LogP contribution in [0.5, 0.6) is 0 Å². The predicted octanol–water partition coefficient (Wildman–Crippen LogP) is 2.04. The number of rotatable bonds is 4. The molecule has 0 aliphatic heterocycles. The molecule has 0 aliphatic rings. The topological polar surface area (TPSA) is 71.4 Å². The summed E-state index contributed by atoms with van der Waals surface area (Å²) in [6, 6.07) is 2.87. The molecule has 0 amide bonds. The molecule has 0 saturated carbocycles. The van der Waals surface area contributed by atoms with E-state index in [1.54, 1.807) is 0 Å². The first-order chi connectivity index (χ1) is 6.84. The second-order valence-electron chi connectivity index (χ2n) is 3.01. The Balaban J connectivity index is 2.98. The average Bonchev–Trinajstić information content (AvgIpc) is 2.50. The number of sulfone groups is 1. The molecular weight excluding hydrogens is 260 g/mol. The van der Waals surface area contributed by atoms with Crippen LogP contribution in [0.4, 0.5) is 0 Å². The van der Waals surface area contributed by atoms with Crippen LogP contribution in [-0.4, -0.2) is 24.7 Å². The molecule has 1 aromatic rings. The Labute approximate surface area is 96.4 Å². The highest BCUT2D eigenvalue weighted by molar-refractivity contribution is 7.94. The summed E-state index contributed by atoms with van der Waals surface area (Å²) in [4.78, 5) is 10.4. The van der Waals surface area contributed by atoms with Gasteiger partial charge in [-0.3, -0.25) is 4.79 Å². The highest BCUT2D eigenvalue weighted by atomic mass is 35.5. The van der Waals surface area contributed by atoms with Crippen molar-refractivity contribution in [3.8, 4) is 0 Å². The van der Waals surface area contributed by atoms with Gasteiger partial charge in [0.25, 0.3) is 0 Å². The molecule has 1 aromatic heterocycles. The maximum Gasteiger partial charge on any atom is 0.304 e. The number of carbonyl (C=O) groups is 1. The first kappa shape index (κ1) is 12.5. The maximum absolute atomic E-state index is 11.8. The molecule has 0 bridgehead atoms. The van der Waals surface area contributed by atoms with Gasteiger partial charge in [-0.25, -0.2) is 8.42 Å². The Morgan fingerprint density at radius 1 is 1.60 bits per heavy atom. The largest absolute Gasteiger partial charge is 0.481 e. The van der Waals surface area contributed by atoms with E-state index in [2.05, 4.69) is 0 Å². The molecule has 7 heteroatoms. The Hall–Kier alpha value is -0.590. The second-order valence-corrected chi connectivity index (χ2v) is 7.32. The van der Waals surface area contributed by atoms with E-state index in [0.29, 0.717) is 4.34 Å². The van der Waals surface area contributed by atoms with Gasteiger partial charge in [0.15, 0.2) is 9.84 Å². The fourth-order valence-electron chi connectivity index (χ4n) is 1.00. The first-order valence-electron chi connectivity index (χ1n) is 4.05. The van der Waals surface area contributed by atoms with E-state index in [9.17, 15) is 13.2 Å². The van der Waals surface area contributed by atoms with Crippen LogP contribution in [-0.2, 0) is 14.6 Å². The summed E-state index contributed by atoms with van der Waals surface area (Å²) < 4.78 is 24.0. The van der Waals surface area contributed by atoms with Gasteiger partial charge >= 0.3 is 5.97 Å². The standard InChI is InChI=1S/C8H9ClO4S2/c1-5(4-7(10)11)15(12,13)8-3-2-6(9)14-8/h2-3,5H,4H2,1H3,(H,10,11). The fourth-order valence-corrected chi connectivity index (χ4v) is 4.16. The lowest BCUT2D eigenvalue weighted by atomic mass is 10.3. The molecule has 4 nitrogen and oxygen atoms in total. The molecule has 0 spiro atoms. The maximum atomic E-state index is 11.8. The minimum Gasteiger partial charge on any atom is -0.481 e. The van der Waals surface area contributed by atoms with Gasteiger partial charge in [-0.2, -0.15) is 0 Å². The van der Waals surface area contributed by atoms with Crippen molar-refractivity contribution in [3.05, 3.63) is 16.5 Å². The van der Waals surface area contributed by atoms with Crippen molar-refractivity contribution in [1.29, 1.82) is 0 Å². The van der Waals surface area contributed by atoms with E-state index in [-0.39, 0.29) is 4.21 Å². The minimum absolute atomic E-state index is 0.112. The molecule has 0 fully saturated rings. The summed E-state index contributed by atoms with van der Waals surface area (Å²) in [7, 11) is -3.56. The number of thiophene rings is 1. The lowest BCUT2D eigenvalue weighted by Crippen LogP contribution is -2.20. The van der Waals surface area contributed by atoms with Crippen LogP contribution in [0.25, 0.3) is 0 Å². The van der Waals surface area contributed by atoms with E-state index in [1.807, 2.05) is 0 Å². The average molecular weight is 269 g/mol. The van der Waals surface area contributed by atoms with Crippen molar-refractivity contribution >= 4 is 38.7 Å². The van der Waals surface area contributed by atoms with Crippen LogP contribution >= 0.6 is 22.9 Å². The van der Waals surface area contributed by atoms with Crippen molar-refractivity contribution < 1.29 is 18.3 Å². The number of hydrogen-bond acceptors (Lipinski definition) is 4. The van der Waals surface area contributed by atoms with Gasteiger partial charge in [-0.15, -0.1) is 11.3 Å². The monoisotopic (exact) mass is 268 g/mol.